The lowest BCUT2D eigenvalue weighted by atomic mass is 9.90. The number of rotatable bonds is 6. The van der Waals surface area contributed by atoms with E-state index in [4.69, 9.17) is 0 Å². The topological polar surface area (TPSA) is 76.1 Å². The fourth-order valence-electron chi connectivity index (χ4n) is 5.51. The largest absolute Gasteiger partial charge is 0.391 e. The van der Waals surface area contributed by atoms with Crippen LogP contribution < -0.4 is 5.32 Å². The molecule has 1 aliphatic carbocycles. The average Bonchev–Trinajstić information content (AvgIpc) is 3.66. The number of aliphatic hydroxyl groups excluding tert-OH is 1. The van der Waals surface area contributed by atoms with Crippen LogP contribution in [0.15, 0.2) is 54.6 Å². The van der Waals surface area contributed by atoms with Crippen LogP contribution in [0.25, 0.3) is 11.1 Å². The summed E-state index contributed by atoms with van der Waals surface area (Å²) in [5.74, 6) is 0.00133. The van der Waals surface area contributed by atoms with Crippen LogP contribution in [0, 0.1) is 5.41 Å². The van der Waals surface area contributed by atoms with Gasteiger partial charge in [0.25, 0.3) is 0 Å². The van der Waals surface area contributed by atoms with Crippen LogP contribution >= 0.6 is 0 Å². The summed E-state index contributed by atoms with van der Waals surface area (Å²) in [6, 6.07) is 17.1. The number of hydrogen-bond donors (Lipinski definition) is 2. The zero-order valence-corrected chi connectivity index (χ0v) is 20.5. The number of urea groups is 1. The summed E-state index contributed by atoms with van der Waals surface area (Å²) in [4.78, 5) is 31.7. The maximum absolute atomic E-state index is 13.0. The first-order valence-electron chi connectivity index (χ1n) is 12.9. The number of piperazine rings is 1. The van der Waals surface area contributed by atoms with Gasteiger partial charge in [-0.1, -0.05) is 42.5 Å². The van der Waals surface area contributed by atoms with Gasteiger partial charge in [0, 0.05) is 31.9 Å². The van der Waals surface area contributed by atoms with Crippen molar-refractivity contribution in [3.05, 3.63) is 54.6 Å². The lowest BCUT2D eigenvalue weighted by Crippen LogP contribution is -2.58. The number of nitrogens with zero attached hydrogens (tertiary/aromatic N) is 3. The molecule has 2 aromatic rings. The van der Waals surface area contributed by atoms with E-state index in [2.05, 4.69) is 22.3 Å². The maximum Gasteiger partial charge on any atom is 0.322 e. The number of anilines is 1. The average molecular weight is 477 g/mol. The monoisotopic (exact) mass is 476 g/mol. The Balaban J connectivity index is 1.08. The van der Waals surface area contributed by atoms with Crippen molar-refractivity contribution in [2.75, 3.05) is 44.6 Å². The molecule has 7 nitrogen and oxygen atoms in total. The van der Waals surface area contributed by atoms with Crippen LogP contribution in [0.5, 0.6) is 0 Å². The van der Waals surface area contributed by atoms with Gasteiger partial charge < -0.3 is 25.1 Å². The number of likely N-dealkylation sites (tertiary alicyclic amines) is 1. The lowest BCUT2D eigenvalue weighted by molar-refractivity contribution is -0.139. The first kappa shape index (κ1) is 23.8. The second kappa shape index (κ2) is 9.99. The Morgan fingerprint density at radius 2 is 1.69 bits per heavy atom. The van der Waals surface area contributed by atoms with E-state index in [0.717, 1.165) is 43.6 Å². The Morgan fingerprint density at radius 3 is 2.37 bits per heavy atom. The van der Waals surface area contributed by atoms with Gasteiger partial charge in [0.1, 0.15) is 6.04 Å². The fourth-order valence-corrected chi connectivity index (χ4v) is 5.51. The fraction of sp³-hybridized carbons (Fsp3) is 0.500. The zero-order valence-electron chi connectivity index (χ0n) is 20.5. The minimum atomic E-state index is -0.487. The molecular formula is C28H36N4O3. The van der Waals surface area contributed by atoms with Gasteiger partial charge in [-0.05, 0) is 74.4 Å². The third kappa shape index (κ3) is 5.21. The molecule has 2 atom stereocenters. The molecule has 0 aromatic heterocycles. The first-order valence-corrected chi connectivity index (χ1v) is 12.9. The Morgan fingerprint density at radius 1 is 0.971 bits per heavy atom. The molecule has 3 aliphatic rings. The minimum Gasteiger partial charge on any atom is -0.391 e. The highest BCUT2D eigenvalue weighted by molar-refractivity contribution is 5.94. The molecule has 0 radical (unpaired) electrons. The van der Waals surface area contributed by atoms with Gasteiger partial charge in [-0.3, -0.25) is 4.79 Å². The number of carbonyl (C=O) groups is 2. The zero-order chi connectivity index (χ0) is 24.4. The van der Waals surface area contributed by atoms with Gasteiger partial charge in [-0.25, -0.2) is 4.79 Å². The van der Waals surface area contributed by atoms with Crippen LogP contribution in [0.2, 0.25) is 0 Å². The SMILES string of the molecule is C[C@H]1C(=O)N(CCCN2CCC3(CC3)[C@H](O)C2)CCN1C(=O)Nc1ccc(-c2ccccc2)cc1. The highest BCUT2D eigenvalue weighted by atomic mass is 16.3. The number of nitrogens with one attached hydrogen (secondary N) is 1. The van der Waals surface area contributed by atoms with E-state index >= 15 is 0 Å². The van der Waals surface area contributed by atoms with Crippen LogP contribution in [0.1, 0.15) is 32.6 Å². The molecule has 0 bridgehead atoms. The number of carbonyl (C=O) groups excluding carboxylic acids is 2. The molecule has 2 aromatic carbocycles. The minimum absolute atomic E-state index is 0.00133. The Hall–Kier alpha value is -2.90. The van der Waals surface area contributed by atoms with Crippen molar-refractivity contribution in [3.8, 4) is 11.1 Å². The lowest BCUT2D eigenvalue weighted by Gasteiger charge is -2.40. The van der Waals surface area contributed by atoms with Gasteiger partial charge in [0.2, 0.25) is 5.91 Å². The van der Waals surface area contributed by atoms with Crippen LogP contribution in [0.4, 0.5) is 10.5 Å². The number of amides is 3. The predicted molar refractivity (Wildman–Crippen MR) is 137 cm³/mol. The Kier molecular flexibility index (Phi) is 6.80. The van der Waals surface area contributed by atoms with E-state index in [1.54, 1.807) is 4.90 Å². The molecule has 0 unspecified atom stereocenters. The smallest absolute Gasteiger partial charge is 0.322 e. The molecule has 2 saturated heterocycles. The van der Waals surface area contributed by atoms with Crippen LogP contribution in [-0.2, 0) is 4.79 Å². The van der Waals surface area contributed by atoms with Crippen molar-refractivity contribution >= 4 is 17.6 Å². The van der Waals surface area contributed by atoms with E-state index in [9.17, 15) is 14.7 Å². The van der Waals surface area contributed by atoms with Crippen LogP contribution in [-0.4, -0.2) is 83.2 Å². The third-order valence-corrected chi connectivity index (χ3v) is 8.11. The molecule has 5 rings (SSSR count). The highest BCUT2D eigenvalue weighted by Gasteiger charge is 2.51. The van der Waals surface area contributed by atoms with Gasteiger partial charge >= 0.3 is 6.03 Å². The molecule has 186 valence electrons. The molecule has 2 aliphatic heterocycles. The summed E-state index contributed by atoms with van der Waals surface area (Å²) in [5, 5.41) is 13.3. The summed E-state index contributed by atoms with van der Waals surface area (Å²) in [5.41, 5.74) is 3.16. The van der Waals surface area contributed by atoms with Crippen LogP contribution in [0.3, 0.4) is 0 Å². The predicted octanol–water partition coefficient (Wildman–Crippen LogP) is 3.66. The van der Waals surface area contributed by atoms with Gasteiger partial charge in [0.05, 0.1) is 6.10 Å². The molecule has 1 spiro atoms. The molecule has 1 saturated carbocycles. The molecule has 3 amide bonds. The maximum atomic E-state index is 13.0. The van der Waals surface area contributed by atoms with Crippen molar-refractivity contribution in [1.82, 2.24) is 14.7 Å². The molecule has 35 heavy (non-hydrogen) atoms. The molecule has 2 heterocycles. The van der Waals surface area contributed by atoms with E-state index in [0.29, 0.717) is 25.3 Å². The molecular weight excluding hydrogens is 440 g/mol. The highest BCUT2D eigenvalue weighted by Crippen LogP contribution is 2.53. The summed E-state index contributed by atoms with van der Waals surface area (Å²) >= 11 is 0. The van der Waals surface area contributed by atoms with Gasteiger partial charge in [-0.15, -0.1) is 0 Å². The third-order valence-electron chi connectivity index (χ3n) is 8.11. The molecule has 2 N–H and O–H groups in total. The van der Waals surface area contributed by atoms with Crippen molar-refractivity contribution in [2.24, 2.45) is 5.41 Å². The quantitative estimate of drug-likeness (QED) is 0.667. The van der Waals surface area contributed by atoms with Crippen molar-refractivity contribution in [1.29, 1.82) is 0 Å². The first-order chi connectivity index (χ1) is 16.9. The summed E-state index contributed by atoms with van der Waals surface area (Å²) < 4.78 is 0. The van der Waals surface area contributed by atoms with E-state index < -0.39 is 6.04 Å². The second-order valence-corrected chi connectivity index (χ2v) is 10.4. The van der Waals surface area contributed by atoms with Gasteiger partial charge in [0.15, 0.2) is 0 Å². The van der Waals surface area contributed by atoms with Crippen molar-refractivity contribution in [3.63, 3.8) is 0 Å². The summed E-state index contributed by atoms with van der Waals surface area (Å²) in [7, 11) is 0. The van der Waals surface area contributed by atoms with E-state index in [1.165, 1.54) is 12.8 Å². The van der Waals surface area contributed by atoms with E-state index in [-0.39, 0.29) is 23.5 Å². The number of benzene rings is 2. The molecule has 3 fully saturated rings. The van der Waals surface area contributed by atoms with Crippen molar-refractivity contribution in [2.45, 2.75) is 44.8 Å². The summed E-state index contributed by atoms with van der Waals surface area (Å²) in [6.45, 7) is 6.27. The summed E-state index contributed by atoms with van der Waals surface area (Å²) in [6.07, 6.45) is 4.12. The normalized spacial score (nSPS) is 24.0. The number of β-amino-alcohol motifs (C(OH)–C–C–N with tert-alkyl or cyclic N) is 1. The number of aliphatic hydroxyl groups is 1. The Bertz CT molecular complexity index is 1040. The van der Waals surface area contributed by atoms with Gasteiger partial charge in [-0.2, -0.15) is 0 Å². The second-order valence-electron chi connectivity index (χ2n) is 10.4. The Labute approximate surface area is 207 Å². The number of hydrogen-bond acceptors (Lipinski definition) is 4. The van der Waals surface area contributed by atoms with E-state index in [1.807, 2.05) is 54.3 Å². The van der Waals surface area contributed by atoms with Crippen molar-refractivity contribution < 1.29 is 14.7 Å². The molecule has 7 heteroatoms. The number of piperidine rings is 1. The standard InChI is InChI=1S/C28H36N4O3/c1-21-26(34)31(16-5-15-30-17-14-28(12-13-28)25(33)20-30)18-19-32(21)27(35)29-24-10-8-23(9-11-24)22-6-3-2-4-7-22/h2-4,6-11,21,25,33H,5,12-20H2,1H3,(H,29,35)/t21-,25+/m0/s1.